The number of carbonyl (C=O) groups is 4. The highest BCUT2D eigenvalue weighted by Crippen LogP contribution is 2.66. The van der Waals surface area contributed by atoms with E-state index in [9.17, 15) is 39.6 Å². The quantitative estimate of drug-likeness (QED) is 0.0802. The lowest BCUT2D eigenvalue weighted by atomic mass is 9.48. The maximum Gasteiger partial charge on any atom is 0.344 e. The number of ether oxygens (including phenoxy) is 4. The van der Waals surface area contributed by atoms with Crippen LogP contribution in [0, 0.1) is 0 Å². The van der Waals surface area contributed by atoms with Crippen molar-refractivity contribution < 1.29 is 68.3 Å². The molecule has 4 N–H and O–H groups in total. The van der Waals surface area contributed by atoms with Crippen LogP contribution in [0.25, 0.3) is 0 Å². The molecular formula is C31H40O14. The van der Waals surface area contributed by atoms with E-state index in [2.05, 4.69) is 13.2 Å². The molecule has 0 amide bonds. The molecule has 0 aliphatic heterocycles. The van der Waals surface area contributed by atoms with Gasteiger partial charge in [-0.25, -0.2) is 29.0 Å². The SMILES string of the molecule is C=CC(=O)OCC(=O)OC12CC3(O)CC(O)(CC(OOC45CC6(O)CC(O)(C4)CC(OC(=O)COC(=O)C(=C)C)(C6)C5)(C3)C1)C2. The summed E-state index contributed by atoms with van der Waals surface area (Å²) in [6.07, 6.45) is 1.49. The summed E-state index contributed by atoms with van der Waals surface area (Å²) >= 11 is 0. The van der Waals surface area contributed by atoms with Gasteiger partial charge in [-0.3, -0.25) is 0 Å². The Balaban J connectivity index is 1.20. The molecule has 0 aromatic carbocycles. The van der Waals surface area contributed by atoms with Gasteiger partial charge in [-0.2, -0.15) is 0 Å². The van der Waals surface area contributed by atoms with E-state index in [0.29, 0.717) is 0 Å². The molecule has 0 heterocycles. The van der Waals surface area contributed by atoms with Crippen LogP contribution in [-0.2, 0) is 47.9 Å². The third-order valence-corrected chi connectivity index (χ3v) is 10.0. The largest absolute Gasteiger partial charge is 0.456 e. The highest BCUT2D eigenvalue weighted by molar-refractivity contribution is 5.88. The molecule has 8 rings (SSSR count). The van der Waals surface area contributed by atoms with Crippen molar-refractivity contribution >= 4 is 23.9 Å². The number of aliphatic hydroxyl groups is 4. The molecule has 0 aromatic heterocycles. The van der Waals surface area contributed by atoms with Gasteiger partial charge in [0.2, 0.25) is 0 Å². The van der Waals surface area contributed by atoms with Crippen LogP contribution in [0.2, 0.25) is 0 Å². The molecule has 0 saturated heterocycles. The molecule has 8 bridgehead atoms. The molecular weight excluding hydrogens is 596 g/mol. The Kier molecular flexibility index (Phi) is 7.17. The first kappa shape index (κ1) is 32.1. The highest BCUT2D eigenvalue weighted by Gasteiger charge is 2.74. The van der Waals surface area contributed by atoms with Crippen molar-refractivity contribution in [2.45, 2.75) is 129 Å². The molecule has 0 radical (unpaired) electrons. The maximum absolute atomic E-state index is 12.8. The van der Waals surface area contributed by atoms with E-state index < -0.39 is 81.9 Å². The Morgan fingerprint density at radius 2 is 0.956 bits per heavy atom. The first-order chi connectivity index (χ1) is 20.8. The lowest BCUT2D eigenvalue weighted by molar-refractivity contribution is -0.479. The molecule has 14 nitrogen and oxygen atoms in total. The summed E-state index contributed by atoms with van der Waals surface area (Å²) < 4.78 is 21.3. The number of esters is 4. The Labute approximate surface area is 259 Å². The van der Waals surface area contributed by atoms with Crippen LogP contribution in [0.15, 0.2) is 24.8 Å². The van der Waals surface area contributed by atoms with E-state index in [1.807, 2.05) is 0 Å². The lowest BCUT2D eigenvalue weighted by Gasteiger charge is -2.67. The molecule has 248 valence electrons. The minimum atomic E-state index is -1.46. The average molecular weight is 637 g/mol. The minimum absolute atomic E-state index is 0.0354. The first-order valence-corrected chi connectivity index (χ1v) is 15.1. The Morgan fingerprint density at radius 1 is 0.600 bits per heavy atom. The summed E-state index contributed by atoms with van der Waals surface area (Å²) in [5.74, 6) is -3.29. The van der Waals surface area contributed by atoms with Gasteiger partial charge in [0.25, 0.3) is 0 Å². The van der Waals surface area contributed by atoms with Gasteiger partial charge in [0.1, 0.15) is 22.4 Å². The molecule has 0 aromatic rings. The van der Waals surface area contributed by atoms with E-state index in [0.717, 1.165) is 6.08 Å². The number of hydrogen-bond donors (Lipinski definition) is 4. The summed E-state index contributed by atoms with van der Waals surface area (Å²) in [5, 5.41) is 46.1. The van der Waals surface area contributed by atoms with Crippen molar-refractivity contribution in [3.8, 4) is 0 Å². The van der Waals surface area contributed by atoms with Gasteiger partial charge >= 0.3 is 23.9 Å². The van der Waals surface area contributed by atoms with Gasteiger partial charge in [0.15, 0.2) is 13.2 Å². The molecule has 4 atom stereocenters. The fourth-order valence-electron chi connectivity index (χ4n) is 10.2. The lowest BCUT2D eigenvalue weighted by Crippen LogP contribution is -2.75. The average Bonchev–Trinajstić information content (AvgIpc) is 2.84. The predicted octanol–water partition coefficient (Wildman–Crippen LogP) is 0.512. The van der Waals surface area contributed by atoms with E-state index >= 15 is 0 Å². The third-order valence-electron chi connectivity index (χ3n) is 10.0. The van der Waals surface area contributed by atoms with Crippen LogP contribution in [0.4, 0.5) is 0 Å². The second kappa shape index (κ2) is 10.1. The van der Waals surface area contributed by atoms with E-state index in [1.165, 1.54) is 6.92 Å². The molecule has 8 aliphatic carbocycles. The normalized spacial score (nSPS) is 45.1. The van der Waals surface area contributed by atoms with E-state index in [4.69, 9.17) is 28.7 Å². The number of rotatable bonds is 11. The molecule has 0 spiro atoms. The molecule has 45 heavy (non-hydrogen) atoms. The van der Waals surface area contributed by atoms with Crippen LogP contribution in [0.5, 0.6) is 0 Å². The summed E-state index contributed by atoms with van der Waals surface area (Å²) in [6.45, 7) is 6.83. The van der Waals surface area contributed by atoms with Crippen LogP contribution in [0.3, 0.4) is 0 Å². The summed E-state index contributed by atoms with van der Waals surface area (Å²) in [7, 11) is 0. The van der Waals surface area contributed by atoms with Crippen molar-refractivity contribution in [3.63, 3.8) is 0 Å². The van der Waals surface area contributed by atoms with Crippen LogP contribution < -0.4 is 0 Å². The Hall–Kier alpha value is -2.88. The fraction of sp³-hybridized carbons (Fsp3) is 0.742. The van der Waals surface area contributed by atoms with Gasteiger partial charge in [-0.05, 0) is 6.92 Å². The van der Waals surface area contributed by atoms with E-state index in [-0.39, 0.29) is 82.6 Å². The number of carbonyl (C=O) groups excluding carboxylic acids is 4. The van der Waals surface area contributed by atoms with Gasteiger partial charge in [-0.1, -0.05) is 13.2 Å². The maximum atomic E-state index is 12.8. The number of hydrogen-bond acceptors (Lipinski definition) is 14. The summed E-state index contributed by atoms with van der Waals surface area (Å²) in [4.78, 5) is 61.0. The van der Waals surface area contributed by atoms with Crippen molar-refractivity contribution in [3.05, 3.63) is 24.8 Å². The second-order valence-electron chi connectivity index (χ2n) is 15.0. The molecule has 8 saturated carbocycles. The zero-order valence-corrected chi connectivity index (χ0v) is 25.3. The van der Waals surface area contributed by atoms with Crippen molar-refractivity contribution in [1.29, 1.82) is 0 Å². The van der Waals surface area contributed by atoms with Crippen LogP contribution in [-0.4, -0.2) is 102 Å². The standard InChI is InChI=1S/C31H40O14/c1-4-20(32)40-5-21(33)42-28-9-24(36)7-25(37,10-28)14-30(13-24,17-28)44-45-31-15-26(38)8-27(39,16-31)12-29(11-26,18-31)43-22(34)6-41-23(35)19(2)3/h4,36-39H,1-2,5-18H2,3H3. The summed E-state index contributed by atoms with van der Waals surface area (Å²) in [5.41, 5.74) is -11.0. The highest BCUT2D eigenvalue weighted by atomic mass is 17.2. The van der Waals surface area contributed by atoms with Crippen molar-refractivity contribution in [1.82, 2.24) is 0 Å². The van der Waals surface area contributed by atoms with Crippen LogP contribution in [0.1, 0.15) is 84.0 Å². The van der Waals surface area contributed by atoms with Gasteiger partial charge in [0, 0.05) is 88.7 Å². The first-order valence-electron chi connectivity index (χ1n) is 15.1. The van der Waals surface area contributed by atoms with E-state index in [1.54, 1.807) is 0 Å². The van der Waals surface area contributed by atoms with Gasteiger partial charge < -0.3 is 39.4 Å². The predicted molar refractivity (Wildman–Crippen MR) is 147 cm³/mol. The topological polar surface area (TPSA) is 205 Å². The van der Waals surface area contributed by atoms with Crippen molar-refractivity contribution in [2.24, 2.45) is 0 Å². The Morgan fingerprint density at radius 3 is 1.31 bits per heavy atom. The minimum Gasteiger partial charge on any atom is -0.456 e. The zero-order valence-electron chi connectivity index (χ0n) is 25.3. The molecule has 8 aliphatic rings. The van der Waals surface area contributed by atoms with Gasteiger partial charge in [-0.15, -0.1) is 0 Å². The third kappa shape index (κ3) is 6.03. The summed E-state index contributed by atoms with van der Waals surface area (Å²) in [6, 6.07) is 0. The molecule has 4 unspecified atom stereocenters. The second-order valence-corrected chi connectivity index (χ2v) is 15.0. The van der Waals surface area contributed by atoms with Crippen LogP contribution >= 0.6 is 0 Å². The Bertz CT molecular complexity index is 1320. The molecule has 8 fully saturated rings. The molecule has 14 heteroatoms. The van der Waals surface area contributed by atoms with Crippen molar-refractivity contribution in [2.75, 3.05) is 13.2 Å². The fourth-order valence-corrected chi connectivity index (χ4v) is 10.2. The monoisotopic (exact) mass is 636 g/mol. The zero-order chi connectivity index (χ0) is 32.7. The smallest absolute Gasteiger partial charge is 0.344 e. The van der Waals surface area contributed by atoms with Gasteiger partial charge in [0.05, 0.1) is 22.4 Å².